The maximum Gasteiger partial charge on any atom is 0.410 e. The van der Waals surface area contributed by atoms with Crippen LogP contribution in [0.1, 0.15) is 33.3 Å². The normalized spacial score (nSPS) is 12.5. The highest BCUT2D eigenvalue weighted by atomic mass is 19.3. The molecule has 8 nitrogen and oxygen atoms in total. The number of rotatable bonds is 15. The average Bonchev–Trinajstić information content (AvgIpc) is 2.69. The molecular weight excluding hydrogens is 428 g/mol. The molecule has 1 aromatic rings. The first-order valence-electron chi connectivity index (χ1n) is 10.5. The minimum atomic E-state index is -2.94. The number of carboxylic acids is 1. The molecule has 182 valence electrons. The van der Waals surface area contributed by atoms with Crippen molar-refractivity contribution in [3.63, 3.8) is 0 Å². The van der Waals surface area contributed by atoms with Crippen LogP contribution in [-0.4, -0.2) is 79.7 Å². The van der Waals surface area contributed by atoms with E-state index in [0.29, 0.717) is 12.4 Å². The molecule has 0 fully saturated rings. The summed E-state index contributed by atoms with van der Waals surface area (Å²) in [5.41, 5.74) is 0.783. The lowest BCUT2D eigenvalue weighted by molar-refractivity contribution is -0.149. The second-order valence-electron chi connectivity index (χ2n) is 7.52. The first-order chi connectivity index (χ1) is 15.0. The van der Waals surface area contributed by atoms with Crippen LogP contribution in [-0.2, 0) is 25.4 Å². The van der Waals surface area contributed by atoms with Gasteiger partial charge in [0.1, 0.15) is 19.0 Å². The van der Waals surface area contributed by atoms with Crippen LogP contribution in [0.5, 0.6) is 5.75 Å². The van der Waals surface area contributed by atoms with Crippen molar-refractivity contribution in [2.24, 2.45) is 0 Å². The number of hydrogen-bond donors (Lipinski definition) is 1. The fraction of sp³-hybridized carbons (Fsp3) is 0.636. The van der Waals surface area contributed by atoms with Crippen molar-refractivity contribution in [1.82, 2.24) is 4.90 Å². The summed E-state index contributed by atoms with van der Waals surface area (Å²) < 4.78 is 46.7. The lowest BCUT2D eigenvalue weighted by atomic mass is 10.1. The Hall–Kier alpha value is -2.46. The van der Waals surface area contributed by atoms with E-state index in [4.69, 9.17) is 24.1 Å². The maximum absolute atomic E-state index is 12.9. The van der Waals surface area contributed by atoms with Gasteiger partial charge in [0.05, 0.1) is 19.3 Å². The van der Waals surface area contributed by atoms with Crippen molar-refractivity contribution >= 4 is 12.1 Å². The molecule has 1 rings (SSSR count). The van der Waals surface area contributed by atoms with E-state index in [0.717, 1.165) is 12.5 Å². The number of carbonyl (C=O) groups excluding carboxylic acids is 1. The van der Waals surface area contributed by atoms with E-state index in [1.54, 1.807) is 45.0 Å². The highest BCUT2D eigenvalue weighted by molar-refractivity contribution is 5.72. The summed E-state index contributed by atoms with van der Waals surface area (Å²) in [4.78, 5) is 24.8. The second kappa shape index (κ2) is 13.8. The van der Waals surface area contributed by atoms with Crippen molar-refractivity contribution in [2.45, 2.75) is 52.2 Å². The Bertz CT molecular complexity index is 693. The third-order valence-corrected chi connectivity index (χ3v) is 4.07. The van der Waals surface area contributed by atoms with Crippen molar-refractivity contribution in [1.29, 1.82) is 0 Å². The van der Waals surface area contributed by atoms with E-state index in [2.05, 4.69) is 0 Å². The van der Waals surface area contributed by atoms with Crippen molar-refractivity contribution in [3.8, 4) is 5.75 Å². The number of carboxylic acid groups (broad SMARTS) is 1. The van der Waals surface area contributed by atoms with Gasteiger partial charge in [-0.15, -0.1) is 0 Å². The van der Waals surface area contributed by atoms with Crippen LogP contribution in [0.3, 0.4) is 0 Å². The van der Waals surface area contributed by atoms with Crippen LogP contribution in [0.15, 0.2) is 24.3 Å². The molecule has 0 aromatic heterocycles. The van der Waals surface area contributed by atoms with Gasteiger partial charge in [0.25, 0.3) is 5.92 Å². The topological polar surface area (TPSA) is 94.5 Å². The predicted octanol–water partition coefficient (Wildman–Crippen LogP) is 3.62. The Balaban J connectivity index is 2.56. The minimum absolute atomic E-state index is 0.0596. The SMILES string of the molecule is CCOC(Cc1ccc(OCCN(CCOCC(C)(F)F)C(=O)OC(C)C)cc1)C(=O)O. The predicted molar refractivity (Wildman–Crippen MR) is 113 cm³/mol. The Morgan fingerprint density at radius 2 is 1.75 bits per heavy atom. The summed E-state index contributed by atoms with van der Waals surface area (Å²) in [6.07, 6.45) is -1.59. The molecule has 0 bridgehead atoms. The van der Waals surface area contributed by atoms with Gasteiger partial charge in [0, 0.05) is 26.5 Å². The quantitative estimate of drug-likeness (QED) is 0.399. The number of hydrogen-bond acceptors (Lipinski definition) is 6. The van der Waals surface area contributed by atoms with Crippen LogP contribution >= 0.6 is 0 Å². The van der Waals surface area contributed by atoms with Crippen LogP contribution in [0.2, 0.25) is 0 Å². The van der Waals surface area contributed by atoms with E-state index < -0.39 is 30.7 Å². The highest BCUT2D eigenvalue weighted by Gasteiger charge is 2.22. The number of nitrogens with zero attached hydrogens (tertiary/aromatic N) is 1. The molecule has 1 unspecified atom stereocenters. The molecule has 0 spiro atoms. The van der Waals surface area contributed by atoms with Crippen LogP contribution in [0, 0.1) is 0 Å². The van der Waals surface area contributed by atoms with Gasteiger partial charge in [-0.25, -0.2) is 18.4 Å². The standard InChI is InChI=1S/C22H33F2NO7/c1-5-30-19(20(26)27)14-17-6-8-18(9-7-17)31-13-11-25(21(28)32-16(2)3)10-12-29-15-22(4,23)24/h6-9,16,19H,5,10-15H2,1-4H3,(H,26,27). The van der Waals surface area contributed by atoms with E-state index in [1.165, 1.54) is 4.90 Å². The van der Waals surface area contributed by atoms with Gasteiger partial charge in [-0.1, -0.05) is 12.1 Å². The summed E-state index contributed by atoms with van der Waals surface area (Å²) >= 11 is 0. The van der Waals surface area contributed by atoms with E-state index in [1.807, 2.05) is 0 Å². The number of amides is 1. The van der Waals surface area contributed by atoms with E-state index >= 15 is 0 Å². The molecule has 0 heterocycles. The summed E-state index contributed by atoms with van der Waals surface area (Å²) in [6, 6.07) is 6.88. The van der Waals surface area contributed by atoms with Gasteiger partial charge in [-0.2, -0.15) is 0 Å². The zero-order chi connectivity index (χ0) is 24.1. The van der Waals surface area contributed by atoms with Gasteiger partial charge in [0.2, 0.25) is 0 Å². The van der Waals surface area contributed by atoms with Crippen molar-refractivity contribution < 1.29 is 42.4 Å². The van der Waals surface area contributed by atoms with Gasteiger partial charge in [0.15, 0.2) is 6.10 Å². The van der Waals surface area contributed by atoms with Gasteiger partial charge < -0.3 is 29.0 Å². The van der Waals surface area contributed by atoms with Gasteiger partial charge in [-0.05, 0) is 38.5 Å². The third kappa shape index (κ3) is 11.8. The molecule has 0 aliphatic heterocycles. The average molecular weight is 462 g/mol. The number of ether oxygens (including phenoxy) is 4. The molecule has 1 atom stereocenters. The number of benzene rings is 1. The lowest BCUT2D eigenvalue weighted by Crippen LogP contribution is -2.39. The monoisotopic (exact) mass is 461 g/mol. The summed E-state index contributed by atoms with van der Waals surface area (Å²) in [7, 11) is 0. The molecule has 0 saturated heterocycles. The fourth-order valence-corrected chi connectivity index (χ4v) is 2.62. The highest BCUT2D eigenvalue weighted by Crippen LogP contribution is 2.15. The number of halogens is 2. The maximum atomic E-state index is 12.9. The smallest absolute Gasteiger partial charge is 0.410 e. The Labute approximate surface area is 187 Å². The van der Waals surface area contributed by atoms with Crippen molar-refractivity contribution in [2.75, 3.05) is 39.5 Å². The van der Waals surface area contributed by atoms with Gasteiger partial charge >= 0.3 is 12.1 Å². The Morgan fingerprint density at radius 1 is 1.12 bits per heavy atom. The fourth-order valence-electron chi connectivity index (χ4n) is 2.62. The minimum Gasteiger partial charge on any atom is -0.492 e. The molecule has 0 radical (unpaired) electrons. The Kier molecular flexibility index (Phi) is 11.9. The first kappa shape index (κ1) is 27.6. The molecule has 1 N–H and O–H groups in total. The van der Waals surface area contributed by atoms with E-state index in [9.17, 15) is 18.4 Å². The van der Waals surface area contributed by atoms with Gasteiger partial charge in [-0.3, -0.25) is 0 Å². The van der Waals surface area contributed by atoms with Crippen LogP contribution < -0.4 is 4.74 Å². The summed E-state index contributed by atoms with van der Waals surface area (Å²) in [5, 5.41) is 9.17. The molecule has 0 saturated carbocycles. The molecule has 0 aliphatic carbocycles. The molecule has 1 aromatic carbocycles. The van der Waals surface area contributed by atoms with Crippen molar-refractivity contribution in [3.05, 3.63) is 29.8 Å². The summed E-state index contributed by atoms with van der Waals surface area (Å²) in [5.74, 6) is -3.42. The number of aliphatic carboxylic acids is 1. The number of carbonyl (C=O) groups is 2. The lowest BCUT2D eigenvalue weighted by Gasteiger charge is -2.23. The Morgan fingerprint density at radius 3 is 2.28 bits per heavy atom. The number of alkyl halides is 2. The molecule has 32 heavy (non-hydrogen) atoms. The van der Waals surface area contributed by atoms with Crippen LogP contribution in [0.4, 0.5) is 13.6 Å². The first-order valence-corrected chi connectivity index (χ1v) is 10.5. The largest absolute Gasteiger partial charge is 0.492 e. The molecular formula is C22H33F2NO7. The summed E-state index contributed by atoms with van der Waals surface area (Å²) in [6.45, 7) is 5.83. The zero-order valence-electron chi connectivity index (χ0n) is 19.0. The van der Waals surface area contributed by atoms with Crippen LogP contribution in [0.25, 0.3) is 0 Å². The zero-order valence-corrected chi connectivity index (χ0v) is 19.0. The molecule has 10 heteroatoms. The molecule has 0 aliphatic rings. The second-order valence-corrected chi connectivity index (χ2v) is 7.52. The van der Waals surface area contributed by atoms with E-state index in [-0.39, 0.29) is 38.8 Å². The molecule has 1 amide bonds. The third-order valence-electron chi connectivity index (χ3n) is 4.07.